The molecule has 1 atom stereocenters. The molecule has 0 amide bonds. The van der Waals surface area contributed by atoms with Crippen LogP contribution < -0.4 is 5.32 Å². The van der Waals surface area contributed by atoms with Crippen LogP contribution in [0, 0.1) is 0 Å². The monoisotopic (exact) mass is 127 g/mol. The Hall–Kier alpha value is -0.300. The molecule has 1 N–H and O–H groups in total. The van der Waals surface area contributed by atoms with Gasteiger partial charge >= 0.3 is 0 Å². The molecule has 9 heavy (non-hydrogen) atoms. The molecule has 1 nitrogen and oxygen atoms in total. The molecule has 0 aromatic carbocycles. The van der Waals surface area contributed by atoms with Gasteiger partial charge in [0.2, 0.25) is 0 Å². The first-order chi connectivity index (χ1) is 4.18. The van der Waals surface area contributed by atoms with Crippen LogP contribution in [0.4, 0.5) is 0 Å². The molecule has 0 aromatic rings. The quantitative estimate of drug-likeness (QED) is 0.569. The standard InChI is InChI=1S/C8H17N/c1-5-8(4,6-2)9-7-3/h5,9H,1,6-7H2,2-4H3. The molecule has 0 aliphatic heterocycles. The SMILES string of the molecule is C=CC(C)(CC)NCC. The molecule has 0 saturated carbocycles. The Bertz CT molecular complexity index is 88.6. The van der Waals surface area contributed by atoms with Crippen molar-refractivity contribution in [3.63, 3.8) is 0 Å². The minimum absolute atomic E-state index is 0.148. The summed E-state index contributed by atoms with van der Waals surface area (Å²) in [4.78, 5) is 0. The molecule has 0 fully saturated rings. The van der Waals surface area contributed by atoms with Crippen LogP contribution in [0.5, 0.6) is 0 Å². The second kappa shape index (κ2) is 3.67. The van der Waals surface area contributed by atoms with Gasteiger partial charge in [-0.25, -0.2) is 0 Å². The summed E-state index contributed by atoms with van der Waals surface area (Å²) in [5, 5.41) is 3.34. The minimum atomic E-state index is 0.148. The van der Waals surface area contributed by atoms with Crippen molar-refractivity contribution < 1.29 is 0 Å². The number of rotatable bonds is 4. The zero-order valence-corrected chi connectivity index (χ0v) is 6.70. The zero-order chi connectivity index (χ0) is 7.33. The molecule has 0 spiro atoms. The zero-order valence-electron chi connectivity index (χ0n) is 6.70. The summed E-state index contributed by atoms with van der Waals surface area (Å²) in [7, 11) is 0. The van der Waals surface area contributed by atoms with Crippen molar-refractivity contribution in [1.29, 1.82) is 0 Å². The average molecular weight is 127 g/mol. The first-order valence-electron chi connectivity index (χ1n) is 3.57. The van der Waals surface area contributed by atoms with Crippen LogP contribution in [-0.4, -0.2) is 12.1 Å². The van der Waals surface area contributed by atoms with Crippen LogP contribution in [0.1, 0.15) is 27.2 Å². The smallest absolute Gasteiger partial charge is 0.0330 e. The van der Waals surface area contributed by atoms with Gasteiger partial charge in [-0.05, 0) is 19.9 Å². The normalized spacial score (nSPS) is 16.8. The molecule has 0 saturated heterocycles. The van der Waals surface area contributed by atoms with Crippen LogP contribution in [0.3, 0.4) is 0 Å². The van der Waals surface area contributed by atoms with E-state index in [9.17, 15) is 0 Å². The van der Waals surface area contributed by atoms with Gasteiger partial charge in [-0.1, -0.05) is 19.9 Å². The van der Waals surface area contributed by atoms with E-state index in [0.717, 1.165) is 13.0 Å². The summed E-state index contributed by atoms with van der Waals surface area (Å²) < 4.78 is 0. The predicted octanol–water partition coefficient (Wildman–Crippen LogP) is 1.95. The average Bonchev–Trinajstić information content (AvgIpc) is 1.89. The molecule has 1 heteroatoms. The maximum absolute atomic E-state index is 3.76. The van der Waals surface area contributed by atoms with E-state index in [0.29, 0.717) is 0 Å². The predicted molar refractivity (Wildman–Crippen MR) is 42.6 cm³/mol. The number of likely N-dealkylation sites (N-methyl/N-ethyl adjacent to an activating group) is 1. The van der Waals surface area contributed by atoms with Crippen molar-refractivity contribution in [1.82, 2.24) is 5.32 Å². The lowest BCUT2D eigenvalue weighted by Crippen LogP contribution is -2.39. The van der Waals surface area contributed by atoms with Crippen molar-refractivity contribution in [2.45, 2.75) is 32.7 Å². The lowest BCUT2D eigenvalue weighted by Gasteiger charge is -2.24. The maximum atomic E-state index is 3.76. The van der Waals surface area contributed by atoms with Crippen LogP contribution in [0.25, 0.3) is 0 Å². The van der Waals surface area contributed by atoms with Crippen LogP contribution in [0.15, 0.2) is 12.7 Å². The van der Waals surface area contributed by atoms with Gasteiger partial charge in [-0.2, -0.15) is 0 Å². The molecule has 0 aliphatic rings. The lowest BCUT2D eigenvalue weighted by molar-refractivity contribution is 0.436. The molecular formula is C8H17N. The topological polar surface area (TPSA) is 12.0 Å². The summed E-state index contributed by atoms with van der Waals surface area (Å²) in [6.07, 6.45) is 3.07. The lowest BCUT2D eigenvalue weighted by atomic mass is 10.00. The highest BCUT2D eigenvalue weighted by Gasteiger charge is 2.13. The van der Waals surface area contributed by atoms with Gasteiger partial charge in [-0.3, -0.25) is 0 Å². The van der Waals surface area contributed by atoms with E-state index in [4.69, 9.17) is 0 Å². The summed E-state index contributed by atoms with van der Waals surface area (Å²) in [6, 6.07) is 0. The summed E-state index contributed by atoms with van der Waals surface area (Å²) in [6.45, 7) is 11.2. The Morgan fingerprint density at radius 3 is 2.22 bits per heavy atom. The van der Waals surface area contributed by atoms with Gasteiger partial charge < -0.3 is 5.32 Å². The van der Waals surface area contributed by atoms with Crippen LogP contribution >= 0.6 is 0 Å². The Morgan fingerprint density at radius 2 is 2.11 bits per heavy atom. The highest BCUT2D eigenvalue weighted by molar-refractivity contribution is 4.97. The van der Waals surface area contributed by atoms with E-state index in [1.807, 2.05) is 6.08 Å². The molecule has 0 radical (unpaired) electrons. The van der Waals surface area contributed by atoms with Gasteiger partial charge in [0, 0.05) is 5.54 Å². The first kappa shape index (κ1) is 8.70. The highest BCUT2D eigenvalue weighted by atomic mass is 14.9. The highest BCUT2D eigenvalue weighted by Crippen LogP contribution is 2.08. The molecule has 54 valence electrons. The summed E-state index contributed by atoms with van der Waals surface area (Å²) >= 11 is 0. The molecule has 0 heterocycles. The number of hydrogen-bond acceptors (Lipinski definition) is 1. The molecule has 0 aliphatic carbocycles. The molecule has 0 bridgehead atoms. The van der Waals surface area contributed by atoms with Gasteiger partial charge in [-0.15, -0.1) is 6.58 Å². The summed E-state index contributed by atoms with van der Waals surface area (Å²) in [5.74, 6) is 0. The molecular weight excluding hydrogens is 110 g/mol. The third kappa shape index (κ3) is 2.66. The van der Waals surface area contributed by atoms with Crippen LogP contribution in [-0.2, 0) is 0 Å². The minimum Gasteiger partial charge on any atom is -0.308 e. The van der Waals surface area contributed by atoms with Crippen molar-refractivity contribution in [2.24, 2.45) is 0 Å². The Kier molecular flexibility index (Phi) is 3.55. The van der Waals surface area contributed by atoms with E-state index in [2.05, 4.69) is 32.7 Å². The Morgan fingerprint density at radius 1 is 1.56 bits per heavy atom. The largest absolute Gasteiger partial charge is 0.308 e. The third-order valence-electron chi connectivity index (χ3n) is 1.77. The van der Waals surface area contributed by atoms with E-state index in [-0.39, 0.29) is 5.54 Å². The second-order valence-electron chi connectivity index (χ2n) is 2.51. The van der Waals surface area contributed by atoms with Crippen molar-refractivity contribution in [3.05, 3.63) is 12.7 Å². The van der Waals surface area contributed by atoms with E-state index >= 15 is 0 Å². The molecule has 0 rings (SSSR count). The summed E-state index contributed by atoms with van der Waals surface area (Å²) in [5.41, 5.74) is 0.148. The molecule has 0 aromatic heterocycles. The molecule has 1 unspecified atom stereocenters. The van der Waals surface area contributed by atoms with Crippen molar-refractivity contribution in [2.75, 3.05) is 6.54 Å². The van der Waals surface area contributed by atoms with Gasteiger partial charge in [0.25, 0.3) is 0 Å². The maximum Gasteiger partial charge on any atom is 0.0330 e. The van der Waals surface area contributed by atoms with Crippen molar-refractivity contribution >= 4 is 0 Å². The first-order valence-corrected chi connectivity index (χ1v) is 3.57. The fourth-order valence-electron chi connectivity index (χ4n) is 0.745. The second-order valence-corrected chi connectivity index (χ2v) is 2.51. The fraction of sp³-hybridized carbons (Fsp3) is 0.750. The number of hydrogen-bond donors (Lipinski definition) is 1. The van der Waals surface area contributed by atoms with Crippen LogP contribution in [0.2, 0.25) is 0 Å². The van der Waals surface area contributed by atoms with E-state index < -0.39 is 0 Å². The van der Waals surface area contributed by atoms with E-state index in [1.54, 1.807) is 0 Å². The number of nitrogens with one attached hydrogen (secondary N) is 1. The van der Waals surface area contributed by atoms with Crippen molar-refractivity contribution in [3.8, 4) is 0 Å². The van der Waals surface area contributed by atoms with Gasteiger partial charge in [0.15, 0.2) is 0 Å². The van der Waals surface area contributed by atoms with Gasteiger partial charge in [0.1, 0.15) is 0 Å². The Balaban J connectivity index is 3.76. The third-order valence-corrected chi connectivity index (χ3v) is 1.77. The van der Waals surface area contributed by atoms with Gasteiger partial charge in [0.05, 0.1) is 0 Å². The Labute approximate surface area is 58.2 Å². The fourth-order valence-corrected chi connectivity index (χ4v) is 0.745. The van der Waals surface area contributed by atoms with E-state index in [1.165, 1.54) is 0 Å².